The zero-order chi connectivity index (χ0) is 11.5. The van der Waals surface area contributed by atoms with Gasteiger partial charge in [-0.3, -0.25) is 0 Å². The lowest BCUT2D eigenvalue weighted by Gasteiger charge is -2.10. The maximum absolute atomic E-state index is 11.9. The van der Waals surface area contributed by atoms with Crippen molar-refractivity contribution in [2.45, 2.75) is 6.36 Å². The van der Waals surface area contributed by atoms with Gasteiger partial charge in [0.1, 0.15) is 5.69 Å². The fourth-order valence-electron chi connectivity index (χ4n) is 0.857. The Morgan fingerprint density at radius 3 is 2.60 bits per heavy atom. The van der Waals surface area contributed by atoms with Gasteiger partial charge in [-0.15, -0.1) is 13.2 Å². The van der Waals surface area contributed by atoms with E-state index in [1.165, 1.54) is 12.1 Å². The van der Waals surface area contributed by atoms with E-state index in [0.717, 1.165) is 12.1 Å². The Labute approximate surface area is 87.1 Å². The van der Waals surface area contributed by atoms with Crippen LogP contribution in [0.15, 0.2) is 23.2 Å². The van der Waals surface area contributed by atoms with Crippen LogP contribution in [0.3, 0.4) is 0 Å². The molecule has 0 N–H and O–H groups in total. The van der Waals surface area contributed by atoms with E-state index in [2.05, 4.69) is 9.73 Å². The first-order chi connectivity index (χ1) is 6.94. The maximum atomic E-state index is 11.9. The van der Waals surface area contributed by atoms with Crippen molar-refractivity contribution in [2.24, 2.45) is 4.99 Å². The third kappa shape index (κ3) is 3.27. The van der Waals surface area contributed by atoms with Crippen LogP contribution in [-0.4, -0.2) is 12.4 Å². The van der Waals surface area contributed by atoms with Crippen LogP contribution in [0, 0.1) is 0 Å². The Morgan fingerprint density at radius 2 is 2.07 bits per heavy atom. The number of alkyl halides is 3. The van der Waals surface area contributed by atoms with Gasteiger partial charge in [0, 0.05) is 0 Å². The van der Waals surface area contributed by atoms with E-state index >= 15 is 0 Å². The molecule has 15 heavy (non-hydrogen) atoms. The molecule has 0 saturated carbocycles. The highest BCUT2D eigenvalue weighted by molar-refractivity contribution is 6.33. The molecule has 0 fully saturated rings. The molecule has 0 spiro atoms. The Hall–Kier alpha value is -1.52. The van der Waals surface area contributed by atoms with Gasteiger partial charge >= 0.3 is 6.36 Å². The number of halogens is 4. The van der Waals surface area contributed by atoms with E-state index in [0.29, 0.717) is 0 Å². The van der Waals surface area contributed by atoms with Crippen molar-refractivity contribution in [3.8, 4) is 5.75 Å². The normalized spacial score (nSPS) is 10.7. The topological polar surface area (TPSA) is 38.7 Å². The Balaban J connectivity index is 3.17. The molecular formula is C8H3ClF3NO2. The molecule has 1 rings (SSSR count). The summed E-state index contributed by atoms with van der Waals surface area (Å²) in [6.45, 7) is 0. The molecule has 0 aliphatic heterocycles. The smallest absolute Gasteiger partial charge is 0.403 e. The van der Waals surface area contributed by atoms with E-state index in [9.17, 15) is 18.0 Å². The number of hydrogen-bond donors (Lipinski definition) is 0. The number of benzene rings is 1. The van der Waals surface area contributed by atoms with Crippen molar-refractivity contribution < 1.29 is 22.7 Å². The summed E-state index contributed by atoms with van der Waals surface area (Å²) in [7, 11) is 0. The Morgan fingerprint density at radius 1 is 1.40 bits per heavy atom. The van der Waals surface area contributed by atoms with Crippen LogP contribution in [0.25, 0.3) is 0 Å². The zero-order valence-corrected chi connectivity index (χ0v) is 7.76. The average molecular weight is 238 g/mol. The molecule has 0 radical (unpaired) electrons. The van der Waals surface area contributed by atoms with Crippen molar-refractivity contribution >= 4 is 23.4 Å². The van der Waals surface area contributed by atoms with Gasteiger partial charge in [0.15, 0.2) is 5.75 Å². The number of para-hydroxylation sites is 1. The molecule has 0 amide bonds. The van der Waals surface area contributed by atoms with Crippen LogP contribution >= 0.6 is 11.6 Å². The number of hydrogen-bond acceptors (Lipinski definition) is 3. The number of rotatable bonds is 2. The second kappa shape index (κ2) is 4.33. The van der Waals surface area contributed by atoms with Crippen molar-refractivity contribution in [3.05, 3.63) is 23.2 Å². The molecule has 0 aromatic heterocycles. The molecule has 7 heteroatoms. The molecule has 0 bridgehead atoms. The molecule has 0 aliphatic rings. The molecule has 80 valence electrons. The molecule has 0 aliphatic carbocycles. The van der Waals surface area contributed by atoms with Crippen molar-refractivity contribution in [1.29, 1.82) is 0 Å². The monoisotopic (exact) mass is 237 g/mol. The van der Waals surface area contributed by atoms with Crippen molar-refractivity contribution in [3.63, 3.8) is 0 Å². The summed E-state index contributed by atoms with van der Waals surface area (Å²) >= 11 is 5.52. The van der Waals surface area contributed by atoms with Gasteiger partial charge in [0.25, 0.3) is 0 Å². The molecule has 0 atom stereocenters. The number of nitrogens with zero attached hydrogens (tertiary/aromatic N) is 1. The van der Waals surface area contributed by atoms with Crippen LogP contribution in [-0.2, 0) is 4.79 Å². The summed E-state index contributed by atoms with van der Waals surface area (Å²) in [5, 5.41) is -0.125. The molecule has 1 aromatic carbocycles. The van der Waals surface area contributed by atoms with Crippen molar-refractivity contribution in [1.82, 2.24) is 0 Å². The van der Waals surface area contributed by atoms with Crippen LogP contribution in [0.1, 0.15) is 0 Å². The molecule has 3 nitrogen and oxygen atoms in total. The third-order valence-electron chi connectivity index (χ3n) is 1.33. The summed E-state index contributed by atoms with van der Waals surface area (Å²) in [5.74, 6) is -0.640. The lowest BCUT2D eigenvalue weighted by molar-refractivity contribution is -0.274. The summed E-state index contributed by atoms with van der Waals surface area (Å²) in [6, 6.07) is 3.52. The summed E-state index contributed by atoms with van der Waals surface area (Å²) < 4.78 is 39.3. The number of isocyanates is 1. The predicted molar refractivity (Wildman–Crippen MR) is 45.9 cm³/mol. The maximum Gasteiger partial charge on any atom is 0.573 e. The minimum absolute atomic E-state index is 0.125. The molecule has 0 heterocycles. The van der Waals surface area contributed by atoms with E-state index in [1.807, 2.05) is 0 Å². The van der Waals surface area contributed by atoms with Gasteiger partial charge in [-0.25, -0.2) is 4.79 Å². The SMILES string of the molecule is O=C=Nc1c(Cl)cccc1OC(F)(F)F. The van der Waals surface area contributed by atoms with E-state index in [1.54, 1.807) is 0 Å². The van der Waals surface area contributed by atoms with Gasteiger partial charge in [-0.05, 0) is 12.1 Å². The van der Waals surface area contributed by atoms with Gasteiger partial charge in [-0.1, -0.05) is 17.7 Å². The number of aliphatic imine (C=N–C) groups is 1. The highest BCUT2D eigenvalue weighted by atomic mass is 35.5. The molecule has 0 unspecified atom stereocenters. The Kier molecular flexibility index (Phi) is 3.34. The lowest BCUT2D eigenvalue weighted by atomic mass is 10.3. The fraction of sp³-hybridized carbons (Fsp3) is 0.125. The number of ether oxygens (including phenoxy) is 1. The number of carbonyl (C=O) groups excluding carboxylic acids is 1. The first kappa shape index (κ1) is 11.6. The Bertz CT molecular complexity index is 413. The third-order valence-corrected chi connectivity index (χ3v) is 1.64. The molecule has 1 aromatic rings. The van der Waals surface area contributed by atoms with Gasteiger partial charge < -0.3 is 4.74 Å². The second-order valence-electron chi connectivity index (χ2n) is 2.34. The predicted octanol–water partition coefficient (Wildman–Crippen LogP) is 3.21. The summed E-state index contributed by atoms with van der Waals surface area (Å²) in [4.78, 5) is 13.0. The highest BCUT2D eigenvalue weighted by Gasteiger charge is 2.32. The van der Waals surface area contributed by atoms with Crippen LogP contribution in [0.2, 0.25) is 5.02 Å². The average Bonchev–Trinajstić information content (AvgIpc) is 2.08. The van der Waals surface area contributed by atoms with Crippen LogP contribution < -0.4 is 4.74 Å². The molecular weight excluding hydrogens is 235 g/mol. The van der Waals surface area contributed by atoms with Gasteiger partial charge in [0.2, 0.25) is 6.08 Å². The quantitative estimate of drug-likeness (QED) is 0.585. The van der Waals surface area contributed by atoms with E-state index < -0.39 is 17.8 Å². The first-order valence-corrected chi connectivity index (χ1v) is 3.94. The zero-order valence-electron chi connectivity index (χ0n) is 7.01. The van der Waals surface area contributed by atoms with Gasteiger partial charge in [0.05, 0.1) is 5.02 Å². The molecule has 0 saturated heterocycles. The van der Waals surface area contributed by atoms with Crippen LogP contribution in [0.5, 0.6) is 5.75 Å². The van der Waals surface area contributed by atoms with E-state index in [4.69, 9.17) is 11.6 Å². The van der Waals surface area contributed by atoms with Gasteiger partial charge in [-0.2, -0.15) is 4.99 Å². The highest BCUT2D eigenvalue weighted by Crippen LogP contribution is 2.37. The summed E-state index contributed by atoms with van der Waals surface area (Å²) in [5.41, 5.74) is -0.397. The first-order valence-electron chi connectivity index (χ1n) is 3.56. The largest absolute Gasteiger partial charge is 0.573 e. The van der Waals surface area contributed by atoms with Crippen molar-refractivity contribution in [2.75, 3.05) is 0 Å². The minimum atomic E-state index is -4.86. The van der Waals surface area contributed by atoms with Crippen LogP contribution in [0.4, 0.5) is 18.9 Å². The standard InChI is InChI=1S/C8H3ClF3NO2/c9-5-2-1-3-6(7(5)13-4-14)15-8(10,11)12/h1-3H. The van der Waals surface area contributed by atoms with E-state index in [-0.39, 0.29) is 5.02 Å². The minimum Gasteiger partial charge on any atom is -0.403 e. The second-order valence-corrected chi connectivity index (χ2v) is 2.74. The summed E-state index contributed by atoms with van der Waals surface area (Å²) in [6.07, 6.45) is -3.77. The fourth-order valence-corrected chi connectivity index (χ4v) is 1.06. The lowest BCUT2D eigenvalue weighted by Crippen LogP contribution is -2.17.